The van der Waals surface area contributed by atoms with Crippen LogP contribution in [0.2, 0.25) is 0 Å². The van der Waals surface area contributed by atoms with E-state index in [-0.39, 0.29) is 0 Å². The SMILES string of the molecule is Cc1ccnc(-n2c3ccccc3c3ccc(Oc4cccc(-n5cc(-c6c(C(C)C)cc(C(C)C)c(C(C)C)c6C(C)C)cn5)c4)cc32)c1. The molecule has 0 saturated carbocycles. The molecule has 0 amide bonds. The summed E-state index contributed by atoms with van der Waals surface area (Å²) in [4.78, 5) is 4.73. The first kappa shape index (κ1) is 33.3. The van der Waals surface area contributed by atoms with Crippen LogP contribution in [0.4, 0.5) is 0 Å². The Kier molecular flexibility index (Phi) is 8.86. The lowest BCUT2D eigenvalue weighted by Gasteiger charge is -2.29. The summed E-state index contributed by atoms with van der Waals surface area (Å²) in [7, 11) is 0. The van der Waals surface area contributed by atoms with Crippen LogP contribution in [0.3, 0.4) is 0 Å². The highest BCUT2D eigenvalue weighted by Gasteiger charge is 2.26. The molecule has 0 bridgehead atoms. The van der Waals surface area contributed by atoms with E-state index < -0.39 is 0 Å². The van der Waals surface area contributed by atoms with Crippen molar-refractivity contribution in [2.75, 3.05) is 0 Å². The van der Waals surface area contributed by atoms with Crippen molar-refractivity contribution in [2.45, 2.75) is 86.0 Å². The molecule has 5 nitrogen and oxygen atoms in total. The Labute approximate surface area is 296 Å². The van der Waals surface area contributed by atoms with E-state index in [1.54, 1.807) is 0 Å². The Balaban J connectivity index is 1.27. The molecular formula is C45H48N4O. The Morgan fingerprint density at radius 1 is 0.620 bits per heavy atom. The van der Waals surface area contributed by atoms with E-state index in [1.165, 1.54) is 38.8 Å². The van der Waals surface area contributed by atoms with Crippen molar-refractivity contribution in [1.29, 1.82) is 0 Å². The lowest BCUT2D eigenvalue weighted by molar-refractivity contribution is 0.483. The number of fused-ring (bicyclic) bond motifs is 3. The topological polar surface area (TPSA) is 44.9 Å². The first-order chi connectivity index (χ1) is 24.0. The minimum absolute atomic E-state index is 0.386. The van der Waals surface area contributed by atoms with Crippen LogP contribution < -0.4 is 4.74 Å². The van der Waals surface area contributed by atoms with E-state index in [0.29, 0.717) is 23.7 Å². The highest BCUT2D eigenvalue weighted by Crippen LogP contribution is 2.44. The fourth-order valence-electron chi connectivity index (χ4n) is 7.58. The monoisotopic (exact) mass is 660 g/mol. The number of benzene rings is 4. The van der Waals surface area contributed by atoms with Crippen molar-refractivity contribution in [2.24, 2.45) is 0 Å². The maximum absolute atomic E-state index is 6.55. The van der Waals surface area contributed by atoms with Crippen molar-refractivity contribution in [3.63, 3.8) is 0 Å². The fourth-order valence-corrected chi connectivity index (χ4v) is 7.58. The van der Waals surface area contributed by atoms with Crippen molar-refractivity contribution in [1.82, 2.24) is 19.3 Å². The number of hydrogen-bond donors (Lipinski definition) is 0. The molecule has 7 rings (SSSR count). The molecule has 4 aromatic carbocycles. The van der Waals surface area contributed by atoms with E-state index >= 15 is 0 Å². The van der Waals surface area contributed by atoms with Gasteiger partial charge in [0.2, 0.25) is 0 Å². The Morgan fingerprint density at radius 3 is 2.06 bits per heavy atom. The van der Waals surface area contributed by atoms with Crippen LogP contribution in [0.25, 0.3) is 44.4 Å². The highest BCUT2D eigenvalue weighted by atomic mass is 16.5. The summed E-state index contributed by atoms with van der Waals surface area (Å²) >= 11 is 0. The maximum atomic E-state index is 6.55. The average Bonchev–Trinajstić information content (AvgIpc) is 3.70. The molecule has 3 heterocycles. The van der Waals surface area contributed by atoms with Gasteiger partial charge >= 0.3 is 0 Å². The molecule has 0 radical (unpaired) electrons. The van der Waals surface area contributed by atoms with Gasteiger partial charge in [-0.3, -0.25) is 4.57 Å². The third-order valence-electron chi connectivity index (χ3n) is 9.83. The van der Waals surface area contributed by atoms with E-state index in [4.69, 9.17) is 14.8 Å². The van der Waals surface area contributed by atoms with Crippen molar-refractivity contribution >= 4 is 21.8 Å². The van der Waals surface area contributed by atoms with Gasteiger partial charge < -0.3 is 4.74 Å². The molecule has 0 spiro atoms. The number of para-hydroxylation sites is 1. The number of aryl methyl sites for hydroxylation is 1. The minimum atomic E-state index is 0.386. The number of hydrogen-bond acceptors (Lipinski definition) is 3. The summed E-state index contributed by atoms with van der Waals surface area (Å²) < 4.78 is 10.8. The van der Waals surface area contributed by atoms with Gasteiger partial charge in [0.15, 0.2) is 0 Å². The zero-order valence-corrected chi connectivity index (χ0v) is 30.8. The fraction of sp³-hybridized carbons (Fsp3) is 0.289. The molecule has 254 valence electrons. The van der Waals surface area contributed by atoms with Crippen LogP contribution >= 0.6 is 0 Å². The van der Waals surface area contributed by atoms with Gasteiger partial charge in [-0.25, -0.2) is 9.67 Å². The molecule has 0 fully saturated rings. The van der Waals surface area contributed by atoms with Crippen LogP contribution in [0, 0.1) is 6.92 Å². The van der Waals surface area contributed by atoms with Crippen LogP contribution in [-0.4, -0.2) is 19.3 Å². The molecular weight excluding hydrogens is 613 g/mol. The Morgan fingerprint density at radius 2 is 1.34 bits per heavy atom. The van der Waals surface area contributed by atoms with Gasteiger partial charge in [-0.15, -0.1) is 0 Å². The Bertz CT molecular complexity index is 2340. The lowest BCUT2D eigenvalue weighted by Crippen LogP contribution is -2.11. The van der Waals surface area contributed by atoms with Gasteiger partial charge in [-0.1, -0.05) is 85.7 Å². The zero-order chi connectivity index (χ0) is 35.3. The van der Waals surface area contributed by atoms with Gasteiger partial charge in [0.25, 0.3) is 0 Å². The molecule has 0 atom stereocenters. The van der Waals surface area contributed by atoms with Crippen molar-refractivity contribution in [3.8, 4) is 34.1 Å². The van der Waals surface area contributed by atoms with E-state index in [9.17, 15) is 0 Å². The largest absolute Gasteiger partial charge is 0.457 e. The second-order valence-electron chi connectivity index (χ2n) is 14.9. The molecule has 0 saturated heterocycles. The van der Waals surface area contributed by atoms with Crippen LogP contribution in [0.1, 0.15) is 107 Å². The summed E-state index contributed by atoms with van der Waals surface area (Å²) in [5.74, 6) is 4.08. The lowest BCUT2D eigenvalue weighted by atomic mass is 9.75. The molecule has 0 aliphatic heterocycles. The van der Waals surface area contributed by atoms with Gasteiger partial charge in [0.05, 0.1) is 22.9 Å². The molecule has 3 aromatic heterocycles. The molecule has 0 unspecified atom stereocenters. The predicted molar refractivity (Wildman–Crippen MR) is 209 cm³/mol. The zero-order valence-electron chi connectivity index (χ0n) is 30.8. The summed E-state index contributed by atoms with van der Waals surface area (Å²) in [6, 6.07) is 29.6. The van der Waals surface area contributed by atoms with Gasteiger partial charge in [-0.2, -0.15) is 5.10 Å². The minimum Gasteiger partial charge on any atom is -0.457 e. The summed E-state index contributed by atoms with van der Waals surface area (Å²) in [5.41, 5.74) is 12.6. The first-order valence-electron chi connectivity index (χ1n) is 18.0. The van der Waals surface area contributed by atoms with Gasteiger partial charge in [0, 0.05) is 40.9 Å². The van der Waals surface area contributed by atoms with Gasteiger partial charge in [0.1, 0.15) is 17.3 Å². The summed E-state index contributed by atoms with van der Waals surface area (Å²) in [5, 5.41) is 7.27. The normalized spacial score (nSPS) is 12.0. The third kappa shape index (κ3) is 6.00. The third-order valence-corrected chi connectivity index (χ3v) is 9.83. The number of aromatic nitrogens is 4. The number of pyridine rings is 1. The first-order valence-corrected chi connectivity index (χ1v) is 18.0. The smallest absolute Gasteiger partial charge is 0.137 e. The quantitative estimate of drug-likeness (QED) is 0.155. The standard InChI is InChI=1S/C45H48N4O/c1-27(2)38-24-39(28(3)4)45(44(30(7)8)43(38)29(5)6)32-25-47-48(26-32)33-13-12-14-34(22-33)50-35-17-18-37-36-15-10-11-16-40(36)49(41(37)23-35)42-21-31(9)19-20-46-42/h10-30H,1-9H3. The average molecular weight is 661 g/mol. The van der Waals surface area contributed by atoms with Crippen LogP contribution in [0.5, 0.6) is 11.5 Å². The van der Waals surface area contributed by atoms with Crippen molar-refractivity contribution < 1.29 is 4.74 Å². The molecule has 0 aliphatic carbocycles. The Hall–Kier alpha value is -5.16. The summed E-state index contributed by atoms with van der Waals surface area (Å²) in [6.07, 6.45) is 6.09. The van der Waals surface area contributed by atoms with Crippen molar-refractivity contribution in [3.05, 3.63) is 131 Å². The highest BCUT2D eigenvalue weighted by molar-refractivity contribution is 6.09. The van der Waals surface area contributed by atoms with Crippen LogP contribution in [0.15, 0.2) is 104 Å². The summed E-state index contributed by atoms with van der Waals surface area (Å²) in [6.45, 7) is 20.7. The number of ether oxygens (including phenoxy) is 1. The number of nitrogens with zero attached hydrogens (tertiary/aromatic N) is 4. The molecule has 7 aromatic rings. The molecule has 50 heavy (non-hydrogen) atoms. The number of rotatable bonds is 9. The van der Waals surface area contributed by atoms with Gasteiger partial charge in [-0.05, 0) is 106 Å². The van der Waals surface area contributed by atoms with Crippen LogP contribution in [-0.2, 0) is 0 Å². The maximum Gasteiger partial charge on any atom is 0.137 e. The second kappa shape index (κ2) is 13.3. The van der Waals surface area contributed by atoms with E-state index in [0.717, 1.165) is 45.0 Å². The molecule has 0 N–H and O–H groups in total. The second-order valence-corrected chi connectivity index (χ2v) is 14.9. The van der Waals surface area contributed by atoms with E-state index in [1.807, 2.05) is 35.3 Å². The molecule has 5 heteroatoms. The molecule has 0 aliphatic rings. The predicted octanol–water partition coefficient (Wildman–Crippen LogP) is 12.6. The van der Waals surface area contributed by atoms with E-state index in [2.05, 4.69) is 140 Å².